The molecule has 0 aliphatic heterocycles. The standard InChI is InChI=1S/C17H19Cl2NO/c1-2-9-21-14-6-4-13(5-7-14)17(20)11-12-3-8-15(18)16(19)10-12/h3-8,10,17H,2,9,11,20H2,1H3. The molecule has 0 saturated carbocycles. The highest BCUT2D eigenvalue weighted by Crippen LogP contribution is 2.25. The van der Waals surface area contributed by atoms with E-state index in [2.05, 4.69) is 6.92 Å². The van der Waals surface area contributed by atoms with Crippen molar-refractivity contribution in [2.75, 3.05) is 6.61 Å². The van der Waals surface area contributed by atoms with Crippen LogP contribution in [-0.2, 0) is 6.42 Å². The molecule has 1 atom stereocenters. The van der Waals surface area contributed by atoms with E-state index >= 15 is 0 Å². The van der Waals surface area contributed by atoms with Crippen LogP contribution in [0.3, 0.4) is 0 Å². The Kier molecular flexibility index (Phi) is 5.92. The summed E-state index contributed by atoms with van der Waals surface area (Å²) in [6.45, 7) is 2.82. The summed E-state index contributed by atoms with van der Waals surface area (Å²) in [6.07, 6.45) is 1.71. The summed E-state index contributed by atoms with van der Waals surface area (Å²) in [5.41, 5.74) is 8.39. The van der Waals surface area contributed by atoms with Gasteiger partial charge >= 0.3 is 0 Å². The van der Waals surface area contributed by atoms with E-state index in [9.17, 15) is 0 Å². The highest BCUT2D eigenvalue weighted by Gasteiger charge is 2.09. The lowest BCUT2D eigenvalue weighted by Gasteiger charge is -2.13. The molecule has 0 heterocycles. The predicted octanol–water partition coefficient (Wildman–Crippen LogP) is 5.02. The Morgan fingerprint density at radius 1 is 1.05 bits per heavy atom. The van der Waals surface area contributed by atoms with E-state index in [4.69, 9.17) is 33.7 Å². The SMILES string of the molecule is CCCOc1ccc(C(N)Cc2ccc(Cl)c(Cl)c2)cc1. The van der Waals surface area contributed by atoms with Crippen molar-refractivity contribution in [2.45, 2.75) is 25.8 Å². The minimum atomic E-state index is -0.0810. The minimum absolute atomic E-state index is 0.0810. The molecule has 0 fully saturated rings. The molecule has 0 saturated heterocycles. The van der Waals surface area contributed by atoms with E-state index in [1.165, 1.54) is 0 Å². The topological polar surface area (TPSA) is 35.2 Å². The summed E-state index contributed by atoms with van der Waals surface area (Å²) >= 11 is 11.9. The van der Waals surface area contributed by atoms with Crippen molar-refractivity contribution in [2.24, 2.45) is 5.73 Å². The summed E-state index contributed by atoms with van der Waals surface area (Å²) < 4.78 is 5.56. The van der Waals surface area contributed by atoms with Gasteiger partial charge in [0.05, 0.1) is 16.7 Å². The lowest BCUT2D eigenvalue weighted by Crippen LogP contribution is -2.13. The highest BCUT2D eigenvalue weighted by molar-refractivity contribution is 6.42. The predicted molar refractivity (Wildman–Crippen MR) is 89.3 cm³/mol. The average Bonchev–Trinajstić information content (AvgIpc) is 2.49. The number of rotatable bonds is 6. The van der Waals surface area contributed by atoms with Gasteiger partial charge in [-0.05, 0) is 48.2 Å². The van der Waals surface area contributed by atoms with Gasteiger partial charge in [-0.2, -0.15) is 0 Å². The third-order valence-electron chi connectivity index (χ3n) is 3.22. The Morgan fingerprint density at radius 3 is 2.38 bits per heavy atom. The fourth-order valence-electron chi connectivity index (χ4n) is 2.07. The second-order valence-corrected chi connectivity index (χ2v) is 5.79. The van der Waals surface area contributed by atoms with Crippen molar-refractivity contribution in [1.82, 2.24) is 0 Å². The van der Waals surface area contributed by atoms with E-state index in [0.717, 1.165) is 29.9 Å². The summed E-state index contributed by atoms with van der Waals surface area (Å²) in [4.78, 5) is 0. The number of benzene rings is 2. The van der Waals surface area contributed by atoms with Crippen LogP contribution >= 0.6 is 23.2 Å². The molecule has 112 valence electrons. The molecule has 1 unspecified atom stereocenters. The molecule has 0 aliphatic carbocycles. The van der Waals surface area contributed by atoms with Gasteiger partial charge in [0.2, 0.25) is 0 Å². The number of hydrogen-bond donors (Lipinski definition) is 1. The van der Waals surface area contributed by atoms with Crippen LogP contribution in [0.1, 0.15) is 30.5 Å². The first-order valence-corrected chi connectivity index (χ1v) is 7.78. The number of hydrogen-bond acceptors (Lipinski definition) is 2. The molecule has 0 spiro atoms. The normalized spacial score (nSPS) is 12.2. The van der Waals surface area contributed by atoms with Gasteiger partial charge in [-0.3, -0.25) is 0 Å². The fraction of sp³-hybridized carbons (Fsp3) is 0.294. The molecule has 0 radical (unpaired) electrons. The van der Waals surface area contributed by atoms with Crippen LogP contribution in [-0.4, -0.2) is 6.61 Å². The van der Waals surface area contributed by atoms with Crippen LogP contribution in [0.4, 0.5) is 0 Å². The number of ether oxygens (including phenoxy) is 1. The van der Waals surface area contributed by atoms with E-state index in [0.29, 0.717) is 16.5 Å². The molecule has 2 N–H and O–H groups in total. The molecule has 4 heteroatoms. The van der Waals surface area contributed by atoms with Gasteiger partial charge in [0.15, 0.2) is 0 Å². The Hall–Kier alpha value is -1.22. The second kappa shape index (κ2) is 7.69. The summed E-state index contributed by atoms with van der Waals surface area (Å²) in [5.74, 6) is 0.877. The van der Waals surface area contributed by atoms with Crippen LogP contribution in [0.15, 0.2) is 42.5 Å². The Balaban J connectivity index is 2.02. The van der Waals surface area contributed by atoms with Crippen molar-refractivity contribution in [3.05, 3.63) is 63.6 Å². The Morgan fingerprint density at radius 2 is 1.76 bits per heavy atom. The largest absolute Gasteiger partial charge is 0.494 e. The zero-order valence-electron chi connectivity index (χ0n) is 12.0. The molecule has 2 aromatic carbocycles. The molecule has 2 nitrogen and oxygen atoms in total. The first kappa shape index (κ1) is 16.2. The smallest absolute Gasteiger partial charge is 0.119 e. The summed E-state index contributed by atoms with van der Waals surface area (Å²) in [6, 6.07) is 13.5. The van der Waals surface area contributed by atoms with Gasteiger partial charge in [0.25, 0.3) is 0 Å². The zero-order valence-corrected chi connectivity index (χ0v) is 13.5. The van der Waals surface area contributed by atoms with Crippen molar-refractivity contribution in [3.63, 3.8) is 0 Å². The molecule has 0 bridgehead atoms. The zero-order chi connectivity index (χ0) is 15.2. The lowest BCUT2D eigenvalue weighted by molar-refractivity contribution is 0.317. The Labute approximate surface area is 135 Å². The second-order valence-electron chi connectivity index (χ2n) is 4.98. The monoisotopic (exact) mass is 323 g/mol. The van der Waals surface area contributed by atoms with Gasteiger partial charge < -0.3 is 10.5 Å². The van der Waals surface area contributed by atoms with Crippen molar-refractivity contribution < 1.29 is 4.74 Å². The Bertz CT molecular complexity index is 584. The molecule has 0 aliphatic rings. The van der Waals surface area contributed by atoms with E-state index in [1.54, 1.807) is 6.07 Å². The van der Waals surface area contributed by atoms with E-state index < -0.39 is 0 Å². The van der Waals surface area contributed by atoms with Gasteiger partial charge in [-0.15, -0.1) is 0 Å². The van der Waals surface area contributed by atoms with Gasteiger partial charge in [0, 0.05) is 6.04 Å². The van der Waals surface area contributed by atoms with Crippen LogP contribution in [0.25, 0.3) is 0 Å². The fourth-order valence-corrected chi connectivity index (χ4v) is 2.39. The third-order valence-corrected chi connectivity index (χ3v) is 3.96. The molecule has 2 rings (SSSR count). The first-order chi connectivity index (χ1) is 10.1. The molecule has 21 heavy (non-hydrogen) atoms. The third kappa shape index (κ3) is 4.63. The first-order valence-electron chi connectivity index (χ1n) is 7.02. The maximum atomic E-state index is 6.25. The maximum absolute atomic E-state index is 6.25. The minimum Gasteiger partial charge on any atom is -0.494 e. The van der Waals surface area contributed by atoms with Gasteiger partial charge in [-0.25, -0.2) is 0 Å². The highest BCUT2D eigenvalue weighted by atomic mass is 35.5. The molecular formula is C17H19Cl2NO. The molecule has 0 amide bonds. The van der Waals surface area contributed by atoms with E-state index in [1.807, 2.05) is 36.4 Å². The van der Waals surface area contributed by atoms with E-state index in [-0.39, 0.29) is 6.04 Å². The number of halogens is 2. The lowest BCUT2D eigenvalue weighted by atomic mass is 10.00. The van der Waals surface area contributed by atoms with Crippen LogP contribution in [0.2, 0.25) is 10.0 Å². The molecule has 2 aromatic rings. The summed E-state index contributed by atoms with van der Waals surface area (Å²) in [5, 5.41) is 1.12. The maximum Gasteiger partial charge on any atom is 0.119 e. The van der Waals surface area contributed by atoms with Crippen molar-refractivity contribution in [3.8, 4) is 5.75 Å². The van der Waals surface area contributed by atoms with Crippen molar-refractivity contribution >= 4 is 23.2 Å². The summed E-state index contributed by atoms with van der Waals surface area (Å²) in [7, 11) is 0. The van der Waals surface area contributed by atoms with Crippen LogP contribution in [0.5, 0.6) is 5.75 Å². The van der Waals surface area contributed by atoms with Crippen LogP contribution < -0.4 is 10.5 Å². The molecular weight excluding hydrogens is 305 g/mol. The van der Waals surface area contributed by atoms with Gasteiger partial charge in [0.1, 0.15) is 5.75 Å². The number of nitrogens with two attached hydrogens (primary N) is 1. The van der Waals surface area contributed by atoms with Crippen molar-refractivity contribution in [1.29, 1.82) is 0 Å². The van der Waals surface area contributed by atoms with Crippen LogP contribution in [0, 0.1) is 0 Å². The van der Waals surface area contributed by atoms with Gasteiger partial charge in [-0.1, -0.05) is 48.3 Å². The average molecular weight is 324 g/mol. The quantitative estimate of drug-likeness (QED) is 0.809. The molecule has 0 aromatic heterocycles.